The molecule has 4 atom stereocenters. The van der Waals surface area contributed by atoms with E-state index in [0.29, 0.717) is 4.68 Å². The number of anilines is 1. The van der Waals surface area contributed by atoms with Crippen molar-refractivity contribution >= 4 is 5.82 Å². The maximum absolute atomic E-state index is 14.9. The lowest BCUT2D eigenvalue weighted by Gasteiger charge is -2.22. The van der Waals surface area contributed by atoms with Gasteiger partial charge in [0.25, 0.3) is 0 Å². The summed E-state index contributed by atoms with van der Waals surface area (Å²) in [6, 6.07) is 0. The topological polar surface area (TPSA) is 123 Å². The van der Waals surface area contributed by atoms with Crippen LogP contribution in [-0.4, -0.2) is 49.5 Å². The molecule has 0 amide bonds. The number of hydrogen-bond acceptors (Lipinski definition) is 7. The molecule has 1 aromatic heterocycles. The number of alkyl halides is 1. The van der Waals surface area contributed by atoms with Crippen molar-refractivity contribution in [2.45, 2.75) is 31.0 Å². The van der Waals surface area contributed by atoms with E-state index < -0.39 is 36.4 Å². The maximum Gasteiger partial charge on any atom is 0.368 e. The van der Waals surface area contributed by atoms with Crippen LogP contribution in [-0.2, 0) is 4.74 Å². The normalized spacial score (nSPS) is 32.7. The van der Waals surface area contributed by atoms with E-state index in [2.05, 4.69) is 21.9 Å². The highest BCUT2D eigenvalue weighted by molar-refractivity contribution is 5.23. The molecule has 4 N–H and O–H groups in total. The fourth-order valence-corrected chi connectivity index (χ4v) is 1.98. The van der Waals surface area contributed by atoms with Crippen LogP contribution in [0.4, 0.5) is 10.2 Å². The fourth-order valence-electron chi connectivity index (χ4n) is 1.98. The van der Waals surface area contributed by atoms with E-state index in [0.717, 1.165) is 6.20 Å². The van der Waals surface area contributed by atoms with Gasteiger partial charge in [0.2, 0.25) is 11.9 Å². The van der Waals surface area contributed by atoms with Gasteiger partial charge in [-0.25, -0.2) is 9.18 Å². The summed E-state index contributed by atoms with van der Waals surface area (Å²) in [6.07, 6.45) is -3.53. The van der Waals surface area contributed by atoms with Crippen molar-refractivity contribution < 1.29 is 19.3 Å². The second kappa shape index (κ2) is 5.16. The number of ether oxygens (including phenoxy) is 1. The smallest absolute Gasteiger partial charge is 0.368 e. The molecule has 1 fully saturated rings. The lowest BCUT2D eigenvalue weighted by atomic mass is 9.97. The molecular weight excluding hydrogens is 271 g/mol. The Bertz CT molecular complexity index is 625. The van der Waals surface area contributed by atoms with E-state index in [1.54, 1.807) is 0 Å². The minimum absolute atomic E-state index is 0.130. The predicted molar refractivity (Wildman–Crippen MR) is 65.0 cm³/mol. The number of nitrogens with two attached hydrogens (primary N) is 1. The standard InChI is InChI=1S/C11H13FN4O4/c1-2-3-11(12)8(18)6(5-17)20-9(11)16-10(19)15-7(13)4-14-16/h4,6,8-9,17-18H,5H2,1H3,(H2,13,15,19)/t6-,8?,9-,11?/m1/s1. The van der Waals surface area contributed by atoms with E-state index in [1.807, 2.05) is 0 Å². The third kappa shape index (κ3) is 2.14. The largest absolute Gasteiger partial charge is 0.394 e. The lowest BCUT2D eigenvalue weighted by molar-refractivity contribution is -0.0610. The number of aliphatic hydroxyl groups excluding tert-OH is 2. The highest BCUT2D eigenvalue weighted by atomic mass is 19.1. The van der Waals surface area contributed by atoms with Crippen molar-refractivity contribution in [2.24, 2.45) is 0 Å². The summed E-state index contributed by atoms with van der Waals surface area (Å²) >= 11 is 0. The van der Waals surface area contributed by atoms with Gasteiger partial charge in [-0.1, -0.05) is 5.92 Å². The molecule has 0 bridgehead atoms. The zero-order valence-corrected chi connectivity index (χ0v) is 10.5. The number of halogens is 1. The molecule has 1 aliphatic heterocycles. The zero-order chi connectivity index (χ0) is 14.9. The van der Waals surface area contributed by atoms with E-state index in [9.17, 15) is 14.3 Å². The Morgan fingerprint density at radius 3 is 2.95 bits per heavy atom. The first-order chi connectivity index (χ1) is 9.43. The molecular formula is C11H13FN4O4. The zero-order valence-electron chi connectivity index (χ0n) is 10.5. The first-order valence-corrected chi connectivity index (χ1v) is 5.72. The fraction of sp³-hybridized carbons (Fsp3) is 0.545. The van der Waals surface area contributed by atoms with E-state index >= 15 is 0 Å². The Morgan fingerprint density at radius 2 is 2.40 bits per heavy atom. The molecule has 0 aromatic carbocycles. The van der Waals surface area contributed by atoms with Gasteiger partial charge in [0.15, 0.2) is 0 Å². The Kier molecular flexibility index (Phi) is 3.71. The average Bonchev–Trinajstić information content (AvgIpc) is 2.63. The van der Waals surface area contributed by atoms with Crippen LogP contribution in [0, 0.1) is 11.8 Å². The summed E-state index contributed by atoms with van der Waals surface area (Å²) in [5.74, 6) is 4.35. The van der Waals surface area contributed by atoms with Crippen LogP contribution in [0.2, 0.25) is 0 Å². The third-order valence-electron chi connectivity index (χ3n) is 2.90. The van der Waals surface area contributed by atoms with Crippen molar-refractivity contribution in [3.05, 3.63) is 16.7 Å². The van der Waals surface area contributed by atoms with Crippen molar-refractivity contribution in [1.82, 2.24) is 14.8 Å². The van der Waals surface area contributed by atoms with Gasteiger partial charge < -0.3 is 20.7 Å². The quantitative estimate of drug-likeness (QED) is 0.547. The first-order valence-electron chi connectivity index (χ1n) is 5.72. The molecule has 108 valence electrons. The monoisotopic (exact) mass is 284 g/mol. The number of rotatable bonds is 2. The van der Waals surface area contributed by atoms with E-state index in [4.69, 9.17) is 15.6 Å². The molecule has 9 heteroatoms. The number of aromatic nitrogens is 3. The predicted octanol–water partition coefficient (Wildman–Crippen LogP) is -1.80. The van der Waals surface area contributed by atoms with Crippen LogP contribution >= 0.6 is 0 Å². The molecule has 2 unspecified atom stereocenters. The summed E-state index contributed by atoms with van der Waals surface area (Å²) in [5.41, 5.74) is 1.76. The number of aliphatic hydroxyl groups is 2. The van der Waals surface area contributed by atoms with E-state index in [-0.39, 0.29) is 5.82 Å². The summed E-state index contributed by atoms with van der Waals surface area (Å²) in [4.78, 5) is 15.1. The van der Waals surface area contributed by atoms with Crippen LogP contribution in [0.15, 0.2) is 11.0 Å². The third-order valence-corrected chi connectivity index (χ3v) is 2.90. The van der Waals surface area contributed by atoms with Gasteiger partial charge >= 0.3 is 5.69 Å². The Labute approximate surface area is 113 Å². The summed E-state index contributed by atoms with van der Waals surface area (Å²) in [6.45, 7) is 0.737. The molecule has 8 nitrogen and oxygen atoms in total. The molecule has 0 saturated carbocycles. The van der Waals surface area contributed by atoms with Gasteiger partial charge in [0, 0.05) is 0 Å². The van der Waals surface area contributed by atoms with Gasteiger partial charge in [-0.3, -0.25) is 0 Å². The average molecular weight is 284 g/mol. The molecule has 0 radical (unpaired) electrons. The highest BCUT2D eigenvalue weighted by Gasteiger charge is 2.58. The van der Waals surface area contributed by atoms with Crippen LogP contribution in [0.1, 0.15) is 13.2 Å². The van der Waals surface area contributed by atoms with Gasteiger partial charge in [0.1, 0.15) is 18.0 Å². The Balaban J connectivity index is 2.52. The van der Waals surface area contributed by atoms with Gasteiger partial charge in [-0.15, -0.1) is 5.92 Å². The second-order valence-electron chi connectivity index (χ2n) is 4.21. The molecule has 0 spiro atoms. The van der Waals surface area contributed by atoms with Crippen molar-refractivity contribution in [1.29, 1.82) is 0 Å². The Morgan fingerprint density at radius 1 is 1.70 bits per heavy atom. The lowest BCUT2D eigenvalue weighted by Crippen LogP contribution is -2.45. The number of hydrogen-bond donors (Lipinski definition) is 3. The highest BCUT2D eigenvalue weighted by Crippen LogP contribution is 2.40. The van der Waals surface area contributed by atoms with Crippen LogP contribution < -0.4 is 11.4 Å². The molecule has 20 heavy (non-hydrogen) atoms. The molecule has 1 aliphatic rings. The summed E-state index contributed by atoms with van der Waals surface area (Å²) in [7, 11) is 0. The maximum atomic E-state index is 14.9. The SMILES string of the molecule is CC#CC1(F)C(O)[C@@H](CO)O[C@H]1n1ncc(N)nc1=O. The molecule has 0 aliphatic carbocycles. The van der Waals surface area contributed by atoms with Gasteiger partial charge in [-0.05, 0) is 6.92 Å². The number of nitrogen functional groups attached to an aromatic ring is 1. The molecule has 1 saturated heterocycles. The van der Waals surface area contributed by atoms with Gasteiger partial charge in [-0.2, -0.15) is 14.8 Å². The minimum atomic E-state index is -2.59. The van der Waals surface area contributed by atoms with Crippen molar-refractivity contribution in [3.63, 3.8) is 0 Å². The van der Waals surface area contributed by atoms with Crippen molar-refractivity contribution in [3.8, 4) is 11.8 Å². The van der Waals surface area contributed by atoms with Crippen LogP contribution in [0.3, 0.4) is 0 Å². The van der Waals surface area contributed by atoms with Crippen LogP contribution in [0.25, 0.3) is 0 Å². The second-order valence-corrected chi connectivity index (χ2v) is 4.21. The molecule has 2 heterocycles. The molecule has 2 rings (SSSR count). The van der Waals surface area contributed by atoms with Gasteiger partial charge in [0.05, 0.1) is 12.8 Å². The Hall–Kier alpha value is -2.02. The summed E-state index contributed by atoms with van der Waals surface area (Å²) in [5, 5.41) is 22.6. The number of nitrogens with zero attached hydrogens (tertiary/aromatic N) is 3. The van der Waals surface area contributed by atoms with E-state index in [1.165, 1.54) is 6.92 Å². The van der Waals surface area contributed by atoms with Crippen LogP contribution in [0.5, 0.6) is 0 Å². The molecule has 1 aromatic rings. The first kappa shape index (κ1) is 14.4. The summed E-state index contributed by atoms with van der Waals surface area (Å²) < 4.78 is 20.6. The van der Waals surface area contributed by atoms with Crippen molar-refractivity contribution in [2.75, 3.05) is 12.3 Å². The minimum Gasteiger partial charge on any atom is -0.394 e.